The number of carbonyl (C=O) groups is 1. The van der Waals surface area contributed by atoms with Crippen LogP contribution < -0.4 is 5.32 Å². The number of oxazole rings is 1. The number of nitrogens with zero attached hydrogens (tertiary/aromatic N) is 1. The summed E-state index contributed by atoms with van der Waals surface area (Å²) in [6, 6.07) is 15.0. The smallest absolute Gasteiger partial charge is 0.251 e. The second kappa shape index (κ2) is 6.77. The molecule has 1 heterocycles. The number of hydrogen-bond donors (Lipinski definition) is 2. The minimum absolute atomic E-state index is 0.201. The Bertz CT molecular complexity index is 903. The fourth-order valence-electron chi connectivity index (χ4n) is 3.55. The lowest BCUT2D eigenvalue weighted by Gasteiger charge is -2.34. The van der Waals surface area contributed by atoms with Gasteiger partial charge in [0.25, 0.3) is 5.91 Å². The number of carbonyl (C=O) groups excluding carboxylic acids is 1. The molecule has 1 atom stereocenters. The molecule has 0 unspecified atom stereocenters. The van der Waals surface area contributed by atoms with Gasteiger partial charge in [-0.15, -0.1) is 0 Å². The van der Waals surface area contributed by atoms with Gasteiger partial charge in [0.1, 0.15) is 5.60 Å². The van der Waals surface area contributed by atoms with Crippen molar-refractivity contribution >= 4 is 5.91 Å². The minimum Gasteiger partial charge on any atom is -0.444 e. The number of fused-ring (bicyclic) bond motifs is 1. The third kappa shape index (κ3) is 3.13. The van der Waals surface area contributed by atoms with Crippen molar-refractivity contribution in [1.29, 1.82) is 0 Å². The van der Waals surface area contributed by atoms with Crippen LogP contribution in [0.25, 0.3) is 11.3 Å². The minimum atomic E-state index is -1.01. The van der Waals surface area contributed by atoms with E-state index in [0.717, 1.165) is 29.5 Å². The molecule has 0 saturated carbocycles. The van der Waals surface area contributed by atoms with Gasteiger partial charge in [-0.05, 0) is 42.5 Å². The molecular formula is C21H20N2O3. The molecule has 1 amide bonds. The topological polar surface area (TPSA) is 75.4 Å². The number of rotatable bonds is 4. The first-order valence-corrected chi connectivity index (χ1v) is 8.74. The summed E-state index contributed by atoms with van der Waals surface area (Å²) >= 11 is 0. The molecule has 0 saturated heterocycles. The molecule has 4 rings (SSSR count). The summed E-state index contributed by atoms with van der Waals surface area (Å²) in [6.07, 6.45) is 5.53. The van der Waals surface area contributed by atoms with Crippen LogP contribution in [-0.2, 0) is 12.0 Å². The Kier molecular flexibility index (Phi) is 4.31. The highest BCUT2D eigenvalue weighted by Crippen LogP contribution is 2.34. The molecule has 1 aromatic heterocycles. The Balaban J connectivity index is 1.46. The van der Waals surface area contributed by atoms with Gasteiger partial charge in [-0.1, -0.05) is 36.4 Å². The highest BCUT2D eigenvalue weighted by Gasteiger charge is 2.34. The zero-order chi connectivity index (χ0) is 18.0. The summed E-state index contributed by atoms with van der Waals surface area (Å²) in [7, 11) is 0. The van der Waals surface area contributed by atoms with Crippen molar-refractivity contribution in [1.82, 2.24) is 10.3 Å². The van der Waals surface area contributed by atoms with Crippen molar-refractivity contribution in [3.05, 3.63) is 77.8 Å². The van der Waals surface area contributed by atoms with Crippen LogP contribution >= 0.6 is 0 Å². The van der Waals surface area contributed by atoms with Gasteiger partial charge in [0.2, 0.25) is 0 Å². The van der Waals surface area contributed by atoms with E-state index in [0.29, 0.717) is 17.7 Å². The summed E-state index contributed by atoms with van der Waals surface area (Å²) < 4.78 is 5.25. The average Bonchev–Trinajstić information content (AvgIpc) is 3.22. The molecule has 0 spiro atoms. The van der Waals surface area contributed by atoms with Crippen LogP contribution in [0.15, 0.2) is 65.5 Å². The quantitative estimate of drug-likeness (QED) is 0.759. The summed E-state index contributed by atoms with van der Waals surface area (Å²) in [4.78, 5) is 16.4. The molecule has 2 aromatic carbocycles. The highest BCUT2D eigenvalue weighted by molar-refractivity contribution is 5.94. The van der Waals surface area contributed by atoms with E-state index >= 15 is 0 Å². The van der Waals surface area contributed by atoms with Crippen LogP contribution in [0.4, 0.5) is 0 Å². The Hall–Kier alpha value is -2.92. The molecule has 1 aliphatic rings. The summed E-state index contributed by atoms with van der Waals surface area (Å²) in [5.74, 6) is 0.454. The van der Waals surface area contributed by atoms with Gasteiger partial charge in [-0.3, -0.25) is 4.79 Å². The van der Waals surface area contributed by atoms with Gasteiger partial charge >= 0.3 is 0 Å². The lowest BCUT2D eigenvalue weighted by atomic mass is 9.79. The van der Waals surface area contributed by atoms with E-state index in [1.54, 1.807) is 18.3 Å². The Morgan fingerprint density at radius 2 is 2.00 bits per heavy atom. The SMILES string of the molecule is O=C(NC[C@]1(O)CCCc2ccccc21)c1ccc(-c2cnco2)cc1. The van der Waals surface area contributed by atoms with Gasteiger partial charge < -0.3 is 14.8 Å². The number of aryl methyl sites for hydroxylation is 1. The molecule has 2 N–H and O–H groups in total. The summed E-state index contributed by atoms with van der Waals surface area (Å²) in [5, 5.41) is 13.9. The van der Waals surface area contributed by atoms with E-state index < -0.39 is 5.60 Å². The molecule has 132 valence electrons. The molecule has 5 nitrogen and oxygen atoms in total. The monoisotopic (exact) mass is 348 g/mol. The van der Waals surface area contributed by atoms with Crippen molar-refractivity contribution < 1.29 is 14.3 Å². The lowest BCUT2D eigenvalue weighted by Crippen LogP contribution is -2.43. The van der Waals surface area contributed by atoms with Crippen molar-refractivity contribution in [2.75, 3.05) is 6.54 Å². The van der Waals surface area contributed by atoms with E-state index in [4.69, 9.17) is 4.42 Å². The van der Waals surface area contributed by atoms with Crippen molar-refractivity contribution in [2.24, 2.45) is 0 Å². The standard InChI is InChI=1S/C21H20N2O3/c24-20(17-9-7-16(8-10-17)19-12-22-14-26-19)23-13-21(25)11-3-5-15-4-1-2-6-18(15)21/h1-2,4,6-10,12,14,25H,3,5,11,13H2,(H,23,24)/t21-/m1/s1. The second-order valence-corrected chi connectivity index (χ2v) is 6.67. The molecule has 5 heteroatoms. The van der Waals surface area contributed by atoms with Gasteiger partial charge in [0, 0.05) is 11.1 Å². The zero-order valence-corrected chi connectivity index (χ0v) is 14.3. The summed E-state index contributed by atoms with van der Waals surface area (Å²) in [5.41, 5.74) is 2.48. The molecule has 0 aliphatic heterocycles. The van der Waals surface area contributed by atoms with Crippen LogP contribution in [0, 0.1) is 0 Å². The van der Waals surface area contributed by atoms with Crippen LogP contribution in [0.5, 0.6) is 0 Å². The van der Waals surface area contributed by atoms with Gasteiger partial charge in [-0.2, -0.15) is 0 Å². The van der Waals surface area contributed by atoms with E-state index in [1.165, 1.54) is 6.39 Å². The second-order valence-electron chi connectivity index (χ2n) is 6.67. The van der Waals surface area contributed by atoms with Gasteiger partial charge in [-0.25, -0.2) is 4.98 Å². The number of hydrogen-bond acceptors (Lipinski definition) is 4. The normalized spacial score (nSPS) is 19.0. The molecule has 0 fully saturated rings. The first kappa shape index (κ1) is 16.5. The third-order valence-corrected chi connectivity index (χ3v) is 4.96. The van der Waals surface area contributed by atoms with Crippen LogP contribution in [0.3, 0.4) is 0 Å². The van der Waals surface area contributed by atoms with E-state index in [2.05, 4.69) is 10.3 Å². The Morgan fingerprint density at radius 1 is 1.19 bits per heavy atom. The summed E-state index contributed by atoms with van der Waals surface area (Å²) in [6.45, 7) is 0.201. The van der Waals surface area contributed by atoms with Crippen LogP contribution in [0.1, 0.15) is 34.3 Å². The predicted octanol–water partition coefficient (Wildman–Crippen LogP) is 3.30. The Morgan fingerprint density at radius 3 is 2.77 bits per heavy atom. The maximum absolute atomic E-state index is 12.5. The highest BCUT2D eigenvalue weighted by atomic mass is 16.3. The van der Waals surface area contributed by atoms with Crippen LogP contribution in [-0.4, -0.2) is 22.5 Å². The Labute approximate surface area is 151 Å². The van der Waals surface area contributed by atoms with Crippen molar-refractivity contribution in [2.45, 2.75) is 24.9 Å². The van der Waals surface area contributed by atoms with Gasteiger partial charge in [0.05, 0.1) is 12.7 Å². The zero-order valence-electron chi connectivity index (χ0n) is 14.3. The maximum Gasteiger partial charge on any atom is 0.251 e. The van der Waals surface area contributed by atoms with Crippen molar-refractivity contribution in [3.63, 3.8) is 0 Å². The number of aliphatic hydroxyl groups is 1. The fourth-order valence-corrected chi connectivity index (χ4v) is 3.55. The largest absolute Gasteiger partial charge is 0.444 e. The molecule has 0 bridgehead atoms. The van der Waals surface area contributed by atoms with E-state index in [-0.39, 0.29) is 12.5 Å². The van der Waals surface area contributed by atoms with Crippen molar-refractivity contribution in [3.8, 4) is 11.3 Å². The number of nitrogens with one attached hydrogen (secondary N) is 1. The van der Waals surface area contributed by atoms with E-state index in [1.807, 2.05) is 36.4 Å². The maximum atomic E-state index is 12.5. The number of benzene rings is 2. The van der Waals surface area contributed by atoms with Crippen LogP contribution in [0.2, 0.25) is 0 Å². The third-order valence-electron chi connectivity index (χ3n) is 4.96. The first-order chi connectivity index (χ1) is 12.7. The number of aromatic nitrogens is 1. The fraction of sp³-hybridized carbons (Fsp3) is 0.238. The predicted molar refractivity (Wildman–Crippen MR) is 97.5 cm³/mol. The molecule has 1 aliphatic carbocycles. The molecular weight excluding hydrogens is 328 g/mol. The lowest BCUT2D eigenvalue weighted by molar-refractivity contribution is 0.0189. The number of amides is 1. The average molecular weight is 348 g/mol. The first-order valence-electron chi connectivity index (χ1n) is 8.74. The molecule has 0 radical (unpaired) electrons. The van der Waals surface area contributed by atoms with E-state index in [9.17, 15) is 9.90 Å². The van der Waals surface area contributed by atoms with Gasteiger partial charge in [0.15, 0.2) is 12.2 Å². The molecule has 26 heavy (non-hydrogen) atoms. The molecule has 3 aromatic rings.